The maximum atomic E-state index is 12.4. The van der Waals surface area contributed by atoms with Gasteiger partial charge in [0.05, 0.1) is 17.5 Å². The Hall–Kier alpha value is -1.60. The number of sulfone groups is 1. The van der Waals surface area contributed by atoms with Gasteiger partial charge in [-0.1, -0.05) is 30.3 Å². The van der Waals surface area contributed by atoms with Gasteiger partial charge in [-0.3, -0.25) is 4.90 Å². The number of fused-ring (bicyclic) bond motifs is 1. The molecule has 0 bridgehead atoms. The van der Waals surface area contributed by atoms with Crippen molar-refractivity contribution in [2.75, 3.05) is 38.7 Å². The third-order valence-electron chi connectivity index (χ3n) is 4.65. The lowest BCUT2D eigenvalue weighted by atomic mass is 10.0. The number of piperazine rings is 1. The fourth-order valence-corrected chi connectivity index (χ4v) is 5.55. The number of rotatable bonds is 2. The van der Waals surface area contributed by atoms with Crippen LogP contribution in [0.25, 0.3) is 0 Å². The van der Waals surface area contributed by atoms with Crippen molar-refractivity contribution in [3.05, 3.63) is 35.9 Å². The summed E-state index contributed by atoms with van der Waals surface area (Å²) in [6, 6.07) is 9.60. The number of hydrogen-bond acceptors (Lipinski definition) is 4. The van der Waals surface area contributed by atoms with E-state index in [1.807, 2.05) is 18.2 Å². The van der Waals surface area contributed by atoms with Crippen LogP contribution >= 0.6 is 0 Å². The molecule has 0 aromatic heterocycles. The Labute approximate surface area is 137 Å². The summed E-state index contributed by atoms with van der Waals surface area (Å²) >= 11 is 0. The molecule has 7 heteroatoms. The van der Waals surface area contributed by atoms with Gasteiger partial charge in [-0.15, -0.1) is 0 Å². The highest BCUT2D eigenvalue weighted by Gasteiger charge is 2.48. The molecule has 2 saturated heterocycles. The number of hydrogen-bond donors (Lipinski definition) is 0. The molecule has 23 heavy (non-hydrogen) atoms. The van der Waals surface area contributed by atoms with Crippen molar-refractivity contribution in [2.24, 2.45) is 0 Å². The zero-order chi connectivity index (χ0) is 16.6. The molecule has 0 saturated carbocycles. The fraction of sp³-hybridized carbons (Fsp3) is 0.562. The summed E-state index contributed by atoms with van der Waals surface area (Å²) in [7, 11) is 0.311. The molecule has 2 aliphatic heterocycles. The van der Waals surface area contributed by atoms with Crippen LogP contribution in [0.1, 0.15) is 5.56 Å². The van der Waals surface area contributed by atoms with Gasteiger partial charge >= 0.3 is 6.03 Å². The van der Waals surface area contributed by atoms with Gasteiger partial charge in [0, 0.05) is 39.8 Å². The molecule has 2 aliphatic rings. The molecule has 2 amide bonds. The summed E-state index contributed by atoms with van der Waals surface area (Å²) in [5.74, 6) is 0.213. The molecule has 0 N–H and O–H groups in total. The Morgan fingerprint density at radius 3 is 2.43 bits per heavy atom. The predicted molar refractivity (Wildman–Crippen MR) is 88.9 cm³/mol. The zero-order valence-corrected chi connectivity index (χ0v) is 14.4. The third kappa shape index (κ3) is 3.35. The first-order valence-corrected chi connectivity index (χ1v) is 9.66. The van der Waals surface area contributed by atoms with Crippen LogP contribution in [0.5, 0.6) is 0 Å². The van der Waals surface area contributed by atoms with Crippen molar-refractivity contribution < 1.29 is 13.2 Å². The predicted octanol–water partition coefficient (Wildman–Crippen LogP) is 0.651. The first kappa shape index (κ1) is 16.3. The van der Waals surface area contributed by atoms with E-state index in [1.54, 1.807) is 19.0 Å². The first-order chi connectivity index (χ1) is 10.9. The van der Waals surface area contributed by atoms with E-state index >= 15 is 0 Å². The Bertz CT molecular complexity index is 675. The lowest BCUT2D eigenvalue weighted by Crippen LogP contribution is -2.61. The number of carbonyl (C=O) groups excluding carboxylic acids is 1. The van der Waals surface area contributed by atoms with E-state index in [1.165, 1.54) is 10.5 Å². The molecule has 2 heterocycles. The van der Waals surface area contributed by atoms with Crippen LogP contribution in [0.3, 0.4) is 0 Å². The maximum Gasteiger partial charge on any atom is 0.319 e. The number of urea groups is 1. The Morgan fingerprint density at radius 1 is 1.13 bits per heavy atom. The van der Waals surface area contributed by atoms with Gasteiger partial charge in [-0.05, 0) is 5.56 Å². The van der Waals surface area contributed by atoms with Crippen molar-refractivity contribution in [1.29, 1.82) is 0 Å². The van der Waals surface area contributed by atoms with E-state index in [0.717, 1.165) is 6.54 Å². The lowest BCUT2D eigenvalue weighted by Gasteiger charge is -2.44. The van der Waals surface area contributed by atoms with Crippen LogP contribution in [-0.4, -0.2) is 79.9 Å². The van der Waals surface area contributed by atoms with Gasteiger partial charge in [0.25, 0.3) is 0 Å². The Kier molecular flexibility index (Phi) is 4.33. The summed E-state index contributed by atoms with van der Waals surface area (Å²) in [6.45, 7) is 1.99. The number of nitrogens with zero attached hydrogens (tertiary/aromatic N) is 3. The Balaban J connectivity index is 1.82. The van der Waals surface area contributed by atoms with E-state index in [-0.39, 0.29) is 29.6 Å². The Morgan fingerprint density at radius 2 is 1.78 bits per heavy atom. The monoisotopic (exact) mass is 337 g/mol. The molecule has 0 radical (unpaired) electrons. The molecule has 1 aromatic carbocycles. The van der Waals surface area contributed by atoms with Crippen LogP contribution in [-0.2, 0) is 16.4 Å². The standard InChI is InChI=1S/C16H23N3O3S/c1-17(2)16(20)19-9-8-18(10-13-6-4-3-5-7-13)14-11-23(21,22)12-15(14)19/h3-7,14-15H,8-12H2,1-2H3. The molecule has 2 fully saturated rings. The highest BCUT2D eigenvalue weighted by atomic mass is 32.2. The van der Waals surface area contributed by atoms with Gasteiger partial charge in [0.1, 0.15) is 0 Å². The average Bonchev–Trinajstić information content (AvgIpc) is 2.83. The number of benzene rings is 1. The van der Waals surface area contributed by atoms with Crippen molar-refractivity contribution in [1.82, 2.24) is 14.7 Å². The second kappa shape index (κ2) is 6.13. The van der Waals surface area contributed by atoms with Crippen LogP contribution in [0.15, 0.2) is 30.3 Å². The van der Waals surface area contributed by atoms with Gasteiger partial charge in [0.2, 0.25) is 0 Å². The first-order valence-electron chi connectivity index (χ1n) is 7.84. The molecule has 3 rings (SSSR count). The SMILES string of the molecule is CN(C)C(=O)N1CCN(Cc2ccccc2)C2CS(=O)(=O)CC21. The fourth-order valence-electron chi connectivity index (χ4n) is 3.53. The summed E-state index contributed by atoms with van der Waals surface area (Å²) < 4.78 is 24.3. The quantitative estimate of drug-likeness (QED) is 0.795. The topological polar surface area (TPSA) is 60.9 Å². The molecular weight excluding hydrogens is 314 g/mol. The van der Waals surface area contributed by atoms with Gasteiger partial charge < -0.3 is 9.80 Å². The van der Waals surface area contributed by atoms with E-state index in [0.29, 0.717) is 13.1 Å². The van der Waals surface area contributed by atoms with E-state index in [4.69, 9.17) is 0 Å². The number of carbonyl (C=O) groups is 1. The minimum Gasteiger partial charge on any atom is -0.331 e. The highest BCUT2D eigenvalue weighted by Crippen LogP contribution is 2.28. The lowest BCUT2D eigenvalue weighted by molar-refractivity contribution is 0.0521. The van der Waals surface area contributed by atoms with E-state index in [9.17, 15) is 13.2 Å². The van der Waals surface area contributed by atoms with Gasteiger partial charge in [-0.2, -0.15) is 0 Å². The van der Waals surface area contributed by atoms with Crippen LogP contribution in [0.2, 0.25) is 0 Å². The smallest absolute Gasteiger partial charge is 0.319 e. The minimum atomic E-state index is -3.10. The molecule has 1 aromatic rings. The van der Waals surface area contributed by atoms with Crippen molar-refractivity contribution >= 4 is 15.9 Å². The van der Waals surface area contributed by atoms with Crippen molar-refractivity contribution in [2.45, 2.75) is 18.6 Å². The van der Waals surface area contributed by atoms with E-state index in [2.05, 4.69) is 17.0 Å². The molecule has 126 valence electrons. The normalized spacial score (nSPS) is 26.8. The maximum absolute atomic E-state index is 12.4. The molecule has 2 unspecified atom stereocenters. The summed E-state index contributed by atoms with van der Waals surface area (Å²) in [5, 5.41) is 0. The molecule has 2 atom stereocenters. The molecule has 6 nitrogen and oxygen atoms in total. The van der Waals surface area contributed by atoms with Crippen LogP contribution in [0, 0.1) is 0 Å². The van der Waals surface area contributed by atoms with Crippen molar-refractivity contribution in [3.63, 3.8) is 0 Å². The summed E-state index contributed by atoms with van der Waals surface area (Å²) in [5.41, 5.74) is 1.17. The molecule has 0 spiro atoms. The molecule has 0 aliphatic carbocycles. The summed E-state index contributed by atoms with van der Waals surface area (Å²) in [4.78, 5) is 17.8. The third-order valence-corrected chi connectivity index (χ3v) is 6.35. The minimum absolute atomic E-state index is 0.0720. The highest BCUT2D eigenvalue weighted by molar-refractivity contribution is 7.91. The van der Waals surface area contributed by atoms with Crippen LogP contribution in [0.4, 0.5) is 4.79 Å². The number of amides is 2. The zero-order valence-electron chi connectivity index (χ0n) is 13.6. The second-order valence-corrected chi connectivity index (χ2v) is 8.69. The van der Waals surface area contributed by atoms with E-state index < -0.39 is 9.84 Å². The largest absolute Gasteiger partial charge is 0.331 e. The molecular formula is C16H23N3O3S. The van der Waals surface area contributed by atoms with Gasteiger partial charge in [-0.25, -0.2) is 13.2 Å². The second-order valence-electron chi connectivity index (χ2n) is 6.54. The van der Waals surface area contributed by atoms with Crippen LogP contribution < -0.4 is 0 Å². The van der Waals surface area contributed by atoms with Gasteiger partial charge in [0.15, 0.2) is 9.84 Å². The average molecular weight is 337 g/mol. The summed E-state index contributed by atoms with van der Waals surface area (Å²) in [6.07, 6.45) is 0. The van der Waals surface area contributed by atoms with Crippen molar-refractivity contribution in [3.8, 4) is 0 Å².